The number of anilines is 1. The minimum Gasteiger partial charge on any atom is -0.497 e. The molecule has 0 bridgehead atoms. The molecule has 0 spiro atoms. The highest BCUT2D eigenvalue weighted by Gasteiger charge is 2.30. The van der Waals surface area contributed by atoms with Crippen LogP contribution in [0.4, 0.5) is 5.69 Å². The summed E-state index contributed by atoms with van der Waals surface area (Å²) in [7, 11) is 1.57. The first-order valence-electron chi connectivity index (χ1n) is 6.30. The molecule has 4 nitrogen and oxygen atoms in total. The number of nitrogens with one attached hydrogen (secondary N) is 1. The lowest BCUT2D eigenvalue weighted by Crippen LogP contribution is -2.43. The Labute approximate surface area is 108 Å². The predicted molar refractivity (Wildman–Crippen MR) is 71.7 cm³/mol. The Morgan fingerprint density at radius 1 is 1.39 bits per heavy atom. The van der Waals surface area contributed by atoms with Crippen LogP contribution in [0.2, 0.25) is 0 Å². The van der Waals surface area contributed by atoms with Gasteiger partial charge in [0.05, 0.1) is 12.7 Å². The van der Waals surface area contributed by atoms with Gasteiger partial charge in [-0.15, -0.1) is 0 Å². The Bertz CT molecular complexity index is 451. The molecule has 0 aromatic heterocycles. The number of nitrogen functional groups attached to an aromatic ring is 1. The number of hydrogen-bond acceptors (Lipinski definition) is 3. The minimum absolute atomic E-state index is 0.0907. The highest BCUT2D eigenvalue weighted by atomic mass is 16.5. The quantitative estimate of drug-likeness (QED) is 0.807. The molecule has 1 saturated carbocycles. The van der Waals surface area contributed by atoms with E-state index in [2.05, 4.69) is 12.2 Å². The number of methoxy groups -OCH3 is 1. The van der Waals surface area contributed by atoms with Crippen molar-refractivity contribution in [3.8, 4) is 5.75 Å². The molecule has 2 rings (SSSR count). The van der Waals surface area contributed by atoms with E-state index in [0.29, 0.717) is 17.0 Å². The third kappa shape index (κ3) is 2.58. The number of hydrogen-bond donors (Lipinski definition) is 2. The van der Waals surface area contributed by atoms with Crippen LogP contribution >= 0.6 is 0 Å². The average molecular weight is 248 g/mol. The first-order chi connectivity index (χ1) is 8.54. The fourth-order valence-electron chi connectivity index (χ4n) is 2.48. The number of carbonyl (C=O) groups is 1. The van der Waals surface area contributed by atoms with Gasteiger partial charge in [0, 0.05) is 11.2 Å². The molecule has 0 aliphatic heterocycles. The molecular weight excluding hydrogens is 228 g/mol. The van der Waals surface area contributed by atoms with Crippen molar-refractivity contribution in [2.45, 2.75) is 38.1 Å². The fraction of sp³-hybridized carbons (Fsp3) is 0.500. The Balaban J connectivity index is 2.17. The summed E-state index contributed by atoms with van der Waals surface area (Å²) in [6.07, 6.45) is 4.40. The summed E-state index contributed by atoms with van der Waals surface area (Å²) in [5.74, 6) is 0.529. The van der Waals surface area contributed by atoms with Gasteiger partial charge < -0.3 is 15.8 Å². The SMILES string of the molecule is COc1ccc(N)c(C(=O)NC2(C)CCCC2)c1. The molecule has 1 aliphatic carbocycles. The molecule has 1 aliphatic rings. The third-order valence-corrected chi connectivity index (χ3v) is 3.63. The van der Waals surface area contributed by atoms with E-state index in [0.717, 1.165) is 12.8 Å². The van der Waals surface area contributed by atoms with Crippen LogP contribution in [0.25, 0.3) is 0 Å². The van der Waals surface area contributed by atoms with Crippen molar-refractivity contribution in [3.05, 3.63) is 23.8 Å². The van der Waals surface area contributed by atoms with E-state index in [9.17, 15) is 4.79 Å². The summed E-state index contributed by atoms with van der Waals surface area (Å²) in [6.45, 7) is 2.09. The first kappa shape index (κ1) is 12.7. The zero-order valence-corrected chi connectivity index (χ0v) is 11.0. The Morgan fingerprint density at radius 2 is 2.06 bits per heavy atom. The second kappa shape index (κ2) is 4.88. The van der Waals surface area contributed by atoms with E-state index in [1.54, 1.807) is 25.3 Å². The average Bonchev–Trinajstić information content (AvgIpc) is 2.76. The Kier molecular flexibility index (Phi) is 3.45. The molecule has 0 heterocycles. The van der Waals surface area contributed by atoms with Crippen molar-refractivity contribution in [3.63, 3.8) is 0 Å². The molecule has 18 heavy (non-hydrogen) atoms. The van der Waals surface area contributed by atoms with Crippen LogP contribution in [0.3, 0.4) is 0 Å². The van der Waals surface area contributed by atoms with Crippen molar-refractivity contribution >= 4 is 11.6 Å². The summed E-state index contributed by atoms with van der Waals surface area (Å²) in [4.78, 5) is 12.2. The van der Waals surface area contributed by atoms with Crippen molar-refractivity contribution in [2.75, 3.05) is 12.8 Å². The monoisotopic (exact) mass is 248 g/mol. The molecule has 0 atom stereocenters. The molecule has 1 fully saturated rings. The van der Waals surface area contributed by atoms with Gasteiger partial charge in [-0.3, -0.25) is 4.79 Å². The molecule has 4 heteroatoms. The molecule has 0 radical (unpaired) electrons. The van der Waals surface area contributed by atoms with Crippen LogP contribution in [-0.4, -0.2) is 18.6 Å². The van der Waals surface area contributed by atoms with E-state index in [-0.39, 0.29) is 11.4 Å². The molecule has 1 aromatic rings. The Morgan fingerprint density at radius 3 is 2.67 bits per heavy atom. The summed E-state index contributed by atoms with van der Waals surface area (Å²) in [5, 5.41) is 3.09. The summed E-state index contributed by atoms with van der Waals surface area (Å²) in [5.41, 5.74) is 6.73. The zero-order chi connectivity index (χ0) is 13.2. The molecular formula is C14H20N2O2. The first-order valence-corrected chi connectivity index (χ1v) is 6.30. The van der Waals surface area contributed by atoms with Gasteiger partial charge in [0.2, 0.25) is 0 Å². The predicted octanol–water partition coefficient (Wildman–Crippen LogP) is 2.34. The number of rotatable bonds is 3. The van der Waals surface area contributed by atoms with Gasteiger partial charge in [-0.1, -0.05) is 12.8 Å². The molecule has 0 unspecified atom stereocenters. The molecule has 1 amide bonds. The van der Waals surface area contributed by atoms with E-state index in [1.807, 2.05) is 0 Å². The molecule has 1 aromatic carbocycles. The second-order valence-corrected chi connectivity index (χ2v) is 5.18. The van der Waals surface area contributed by atoms with Crippen molar-refractivity contribution in [1.29, 1.82) is 0 Å². The maximum atomic E-state index is 12.2. The number of carbonyl (C=O) groups excluding carboxylic acids is 1. The summed E-state index contributed by atoms with van der Waals surface area (Å²) < 4.78 is 5.12. The number of amides is 1. The smallest absolute Gasteiger partial charge is 0.253 e. The van der Waals surface area contributed by atoms with E-state index in [1.165, 1.54) is 12.8 Å². The summed E-state index contributed by atoms with van der Waals surface area (Å²) >= 11 is 0. The molecule has 0 saturated heterocycles. The highest BCUT2D eigenvalue weighted by Crippen LogP contribution is 2.30. The number of nitrogens with two attached hydrogens (primary N) is 1. The van der Waals surface area contributed by atoms with Gasteiger partial charge in [0.1, 0.15) is 5.75 Å². The molecule has 3 N–H and O–H groups in total. The van der Waals surface area contributed by atoms with Crippen LogP contribution in [0.1, 0.15) is 43.0 Å². The van der Waals surface area contributed by atoms with E-state index < -0.39 is 0 Å². The van der Waals surface area contributed by atoms with Crippen molar-refractivity contribution in [2.24, 2.45) is 0 Å². The van der Waals surface area contributed by atoms with Gasteiger partial charge in [-0.2, -0.15) is 0 Å². The number of benzene rings is 1. The van der Waals surface area contributed by atoms with Gasteiger partial charge >= 0.3 is 0 Å². The van der Waals surface area contributed by atoms with Gasteiger partial charge in [-0.05, 0) is 38.0 Å². The molecule has 98 valence electrons. The summed E-state index contributed by atoms with van der Waals surface area (Å²) in [6, 6.07) is 5.14. The second-order valence-electron chi connectivity index (χ2n) is 5.18. The van der Waals surface area contributed by atoms with Crippen molar-refractivity contribution < 1.29 is 9.53 Å². The van der Waals surface area contributed by atoms with Crippen LogP contribution in [0, 0.1) is 0 Å². The van der Waals surface area contributed by atoms with Crippen LogP contribution < -0.4 is 15.8 Å². The van der Waals surface area contributed by atoms with Crippen molar-refractivity contribution in [1.82, 2.24) is 5.32 Å². The largest absolute Gasteiger partial charge is 0.497 e. The minimum atomic E-state index is -0.115. The van der Waals surface area contributed by atoms with Crippen LogP contribution in [0.5, 0.6) is 5.75 Å². The van der Waals surface area contributed by atoms with Gasteiger partial charge in [-0.25, -0.2) is 0 Å². The normalized spacial score (nSPS) is 17.4. The Hall–Kier alpha value is -1.71. The lowest BCUT2D eigenvalue weighted by Gasteiger charge is -2.25. The number of ether oxygens (including phenoxy) is 1. The zero-order valence-electron chi connectivity index (χ0n) is 11.0. The lowest BCUT2D eigenvalue weighted by atomic mass is 9.99. The van der Waals surface area contributed by atoms with Crippen LogP contribution in [0.15, 0.2) is 18.2 Å². The van der Waals surface area contributed by atoms with E-state index in [4.69, 9.17) is 10.5 Å². The fourth-order valence-corrected chi connectivity index (χ4v) is 2.48. The van der Waals surface area contributed by atoms with Gasteiger partial charge in [0.15, 0.2) is 0 Å². The maximum absolute atomic E-state index is 12.2. The lowest BCUT2D eigenvalue weighted by molar-refractivity contribution is 0.0908. The topological polar surface area (TPSA) is 64.3 Å². The standard InChI is InChI=1S/C14H20N2O2/c1-14(7-3-4-8-14)16-13(17)11-9-10(18-2)5-6-12(11)15/h5-6,9H,3-4,7-8,15H2,1-2H3,(H,16,17). The van der Waals surface area contributed by atoms with Gasteiger partial charge in [0.25, 0.3) is 5.91 Å². The maximum Gasteiger partial charge on any atom is 0.253 e. The van der Waals surface area contributed by atoms with Crippen LogP contribution in [-0.2, 0) is 0 Å². The highest BCUT2D eigenvalue weighted by molar-refractivity contribution is 6.00. The van der Waals surface area contributed by atoms with E-state index >= 15 is 0 Å². The third-order valence-electron chi connectivity index (χ3n) is 3.63.